The van der Waals surface area contributed by atoms with Crippen molar-refractivity contribution < 1.29 is 26.3 Å². The molecule has 2 rings (SSSR count). The van der Waals surface area contributed by atoms with E-state index in [1.807, 2.05) is 0 Å². The molecule has 6 nitrogen and oxygen atoms in total. The number of benzene rings is 1. The van der Waals surface area contributed by atoms with Crippen molar-refractivity contribution in [3.05, 3.63) is 24.3 Å². The molecule has 1 aromatic rings. The molecule has 134 valence electrons. The fraction of sp³-hybridized carbons (Fsp3) is 0.500. The molecule has 1 saturated heterocycles. The number of nitrogens with zero attached hydrogens (tertiary/aromatic N) is 1. The first-order valence-corrected chi connectivity index (χ1v) is 9.01. The molecule has 0 aromatic heterocycles. The lowest BCUT2D eigenvalue weighted by molar-refractivity contribution is -0.274. The number of guanidine groups is 1. The molecule has 1 aromatic carbocycles. The van der Waals surface area contributed by atoms with E-state index in [-0.39, 0.29) is 23.9 Å². The number of rotatable bonds is 4. The summed E-state index contributed by atoms with van der Waals surface area (Å²) < 4.78 is 64.1. The SMILES string of the molecule is NC(=NCC1CCCCS1(=O)=O)Nc1cccc(OC(F)(F)F)c1. The number of aliphatic imine (C=N–C) groups is 1. The first-order valence-electron chi connectivity index (χ1n) is 7.30. The van der Waals surface area contributed by atoms with Crippen LogP contribution in [-0.4, -0.2) is 38.3 Å². The van der Waals surface area contributed by atoms with Crippen molar-refractivity contribution in [2.24, 2.45) is 10.7 Å². The molecule has 0 spiro atoms. The Hall–Kier alpha value is -1.97. The van der Waals surface area contributed by atoms with Gasteiger partial charge in [0, 0.05) is 11.8 Å². The van der Waals surface area contributed by atoms with Crippen LogP contribution in [0.3, 0.4) is 0 Å². The third-order valence-electron chi connectivity index (χ3n) is 3.52. The number of anilines is 1. The molecule has 1 aliphatic heterocycles. The molecule has 0 bridgehead atoms. The Kier molecular flexibility index (Phi) is 5.58. The van der Waals surface area contributed by atoms with Crippen molar-refractivity contribution in [3.63, 3.8) is 0 Å². The average molecular weight is 365 g/mol. The van der Waals surface area contributed by atoms with E-state index in [4.69, 9.17) is 5.73 Å². The van der Waals surface area contributed by atoms with Crippen molar-refractivity contribution in [3.8, 4) is 5.75 Å². The highest BCUT2D eigenvalue weighted by atomic mass is 32.2. The maximum absolute atomic E-state index is 12.2. The van der Waals surface area contributed by atoms with Gasteiger partial charge in [-0.2, -0.15) is 0 Å². The molecule has 1 fully saturated rings. The van der Waals surface area contributed by atoms with Crippen molar-refractivity contribution >= 4 is 21.5 Å². The maximum atomic E-state index is 12.2. The molecule has 1 aliphatic rings. The zero-order valence-electron chi connectivity index (χ0n) is 12.7. The van der Waals surface area contributed by atoms with Crippen LogP contribution in [0, 0.1) is 0 Å². The second-order valence-electron chi connectivity index (χ2n) is 5.41. The lowest BCUT2D eigenvalue weighted by Crippen LogP contribution is -2.32. The fourth-order valence-electron chi connectivity index (χ4n) is 2.38. The summed E-state index contributed by atoms with van der Waals surface area (Å²) in [6.45, 7) is 0.0277. The van der Waals surface area contributed by atoms with Crippen LogP contribution in [0.4, 0.5) is 18.9 Å². The predicted molar refractivity (Wildman–Crippen MR) is 84.7 cm³/mol. The van der Waals surface area contributed by atoms with Crippen LogP contribution in [0.15, 0.2) is 29.3 Å². The lowest BCUT2D eigenvalue weighted by Gasteiger charge is -2.20. The summed E-state index contributed by atoms with van der Waals surface area (Å²) in [4.78, 5) is 3.98. The second-order valence-corrected chi connectivity index (χ2v) is 7.81. The summed E-state index contributed by atoms with van der Waals surface area (Å²) in [6.07, 6.45) is -2.77. The van der Waals surface area contributed by atoms with E-state index >= 15 is 0 Å². The Morgan fingerprint density at radius 2 is 2.12 bits per heavy atom. The van der Waals surface area contributed by atoms with Crippen molar-refractivity contribution in [2.45, 2.75) is 30.9 Å². The number of alkyl halides is 3. The molecule has 1 atom stereocenters. The second kappa shape index (κ2) is 7.29. The topological polar surface area (TPSA) is 93.8 Å². The standard InChI is InChI=1S/C14H18F3N3O3S/c15-14(16,17)23-11-5-3-4-10(8-11)20-13(18)19-9-12-6-1-2-7-24(12,21)22/h3-5,8,12H,1-2,6-7,9H2,(H3,18,19,20). The van der Waals surface area contributed by atoms with E-state index in [9.17, 15) is 21.6 Å². The molecule has 1 unspecified atom stereocenters. The van der Waals surface area contributed by atoms with Crippen LogP contribution < -0.4 is 15.8 Å². The zero-order valence-corrected chi connectivity index (χ0v) is 13.5. The van der Waals surface area contributed by atoms with Crippen molar-refractivity contribution in [1.82, 2.24) is 0 Å². The van der Waals surface area contributed by atoms with Crippen LogP contribution in [-0.2, 0) is 9.84 Å². The van der Waals surface area contributed by atoms with Crippen LogP contribution >= 0.6 is 0 Å². The predicted octanol–water partition coefficient (Wildman–Crippen LogP) is 2.28. The lowest BCUT2D eigenvalue weighted by atomic mass is 10.2. The van der Waals surface area contributed by atoms with Crippen molar-refractivity contribution in [2.75, 3.05) is 17.6 Å². The number of hydrogen-bond acceptors (Lipinski definition) is 4. The van der Waals surface area contributed by atoms with Crippen LogP contribution in [0.5, 0.6) is 5.75 Å². The van der Waals surface area contributed by atoms with Gasteiger partial charge in [0.2, 0.25) is 0 Å². The molecule has 1 heterocycles. The van der Waals surface area contributed by atoms with Gasteiger partial charge in [-0.05, 0) is 25.0 Å². The molecule has 10 heteroatoms. The number of hydrogen-bond donors (Lipinski definition) is 2. The number of halogens is 3. The van der Waals surface area contributed by atoms with E-state index in [0.29, 0.717) is 12.8 Å². The summed E-state index contributed by atoms with van der Waals surface area (Å²) in [5, 5.41) is 2.06. The van der Waals surface area contributed by atoms with Gasteiger partial charge in [0.15, 0.2) is 15.8 Å². The van der Waals surface area contributed by atoms with Crippen LogP contribution in [0.2, 0.25) is 0 Å². The first-order chi connectivity index (χ1) is 11.2. The molecule has 0 saturated carbocycles. The van der Waals surface area contributed by atoms with Gasteiger partial charge in [-0.25, -0.2) is 8.42 Å². The Balaban J connectivity index is 1.98. The summed E-state index contributed by atoms with van der Waals surface area (Å²) >= 11 is 0. The van der Waals surface area contributed by atoms with Gasteiger partial charge in [-0.1, -0.05) is 12.5 Å². The highest BCUT2D eigenvalue weighted by molar-refractivity contribution is 7.92. The minimum absolute atomic E-state index is 0.0277. The molecular formula is C14H18F3N3O3S. The molecule has 0 radical (unpaired) electrons. The van der Waals surface area contributed by atoms with E-state index in [1.165, 1.54) is 12.1 Å². The average Bonchev–Trinajstić information content (AvgIpc) is 2.44. The number of nitrogens with one attached hydrogen (secondary N) is 1. The quantitative estimate of drug-likeness (QED) is 0.631. The Morgan fingerprint density at radius 1 is 1.38 bits per heavy atom. The summed E-state index contributed by atoms with van der Waals surface area (Å²) in [6, 6.07) is 5.12. The highest BCUT2D eigenvalue weighted by Gasteiger charge is 2.31. The monoisotopic (exact) mass is 365 g/mol. The minimum atomic E-state index is -4.78. The fourth-order valence-corrected chi connectivity index (χ4v) is 4.15. The summed E-state index contributed by atoms with van der Waals surface area (Å²) in [5.41, 5.74) is 5.92. The van der Waals surface area contributed by atoms with Gasteiger partial charge in [0.1, 0.15) is 5.75 Å². The molecule has 24 heavy (non-hydrogen) atoms. The number of sulfone groups is 1. The zero-order chi connectivity index (χ0) is 17.8. The van der Waals surface area contributed by atoms with Crippen LogP contribution in [0.25, 0.3) is 0 Å². The Morgan fingerprint density at radius 3 is 2.79 bits per heavy atom. The summed E-state index contributed by atoms with van der Waals surface area (Å²) in [5.74, 6) is -0.313. The third-order valence-corrected chi connectivity index (χ3v) is 5.78. The van der Waals surface area contributed by atoms with E-state index in [1.54, 1.807) is 0 Å². The van der Waals surface area contributed by atoms with Gasteiger partial charge in [0.05, 0.1) is 17.5 Å². The molecule has 0 amide bonds. The molecule has 3 N–H and O–H groups in total. The number of nitrogens with two attached hydrogens (primary N) is 1. The van der Waals surface area contributed by atoms with Gasteiger partial charge in [0.25, 0.3) is 0 Å². The largest absolute Gasteiger partial charge is 0.573 e. The van der Waals surface area contributed by atoms with E-state index in [0.717, 1.165) is 18.6 Å². The highest BCUT2D eigenvalue weighted by Crippen LogP contribution is 2.25. The van der Waals surface area contributed by atoms with E-state index in [2.05, 4.69) is 15.0 Å². The van der Waals surface area contributed by atoms with Gasteiger partial charge >= 0.3 is 6.36 Å². The summed E-state index contributed by atoms with van der Waals surface area (Å²) in [7, 11) is -3.15. The van der Waals surface area contributed by atoms with Crippen molar-refractivity contribution in [1.29, 1.82) is 0 Å². The number of ether oxygens (including phenoxy) is 1. The van der Waals surface area contributed by atoms with Gasteiger partial charge in [-0.3, -0.25) is 4.99 Å². The molecule has 0 aliphatic carbocycles. The smallest absolute Gasteiger partial charge is 0.406 e. The Bertz CT molecular complexity index is 705. The van der Waals surface area contributed by atoms with E-state index < -0.39 is 27.2 Å². The third kappa shape index (κ3) is 5.59. The van der Waals surface area contributed by atoms with Gasteiger partial charge < -0.3 is 15.8 Å². The first kappa shape index (κ1) is 18.4. The Labute approximate surface area is 137 Å². The molecular weight excluding hydrogens is 347 g/mol. The minimum Gasteiger partial charge on any atom is -0.406 e. The van der Waals surface area contributed by atoms with Gasteiger partial charge in [-0.15, -0.1) is 13.2 Å². The maximum Gasteiger partial charge on any atom is 0.573 e. The van der Waals surface area contributed by atoms with Crippen LogP contribution in [0.1, 0.15) is 19.3 Å². The normalized spacial score (nSPS) is 21.3.